The third-order valence-electron chi connectivity index (χ3n) is 4.26. The first-order chi connectivity index (χ1) is 11.1. The quantitative estimate of drug-likeness (QED) is 0.847. The molecule has 1 aliphatic rings. The van der Waals surface area contributed by atoms with E-state index in [4.69, 9.17) is 22.1 Å². The van der Waals surface area contributed by atoms with Gasteiger partial charge in [-0.2, -0.15) is 0 Å². The Kier molecular flexibility index (Phi) is 4.64. The standard InChI is InChI=1S/C18H22ClN3O/c1-12-9-14(19)11-15(20)18(12)13-3-4-17(23-2)16(10-13)22-7-5-21-6-8-22/h3-4,9-11,21H,5-8,20H2,1-2H3. The summed E-state index contributed by atoms with van der Waals surface area (Å²) in [6.45, 7) is 5.93. The first kappa shape index (κ1) is 16.0. The van der Waals surface area contributed by atoms with Crippen molar-refractivity contribution in [2.24, 2.45) is 0 Å². The van der Waals surface area contributed by atoms with E-state index in [9.17, 15) is 0 Å². The van der Waals surface area contributed by atoms with Gasteiger partial charge >= 0.3 is 0 Å². The number of ether oxygens (including phenoxy) is 1. The number of halogens is 1. The molecule has 3 N–H and O–H groups in total. The van der Waals surface area contributed by atoms with E-state index in [2.05, 4.69) is 22.3 Å². The normalized spacial score (nSPS) is 14.8. The van der Waals surface area contributed by atoms with Crippen molar-refractivity contribution in [1.29, 1.82) is 0 Å². The van der Waals surface area contributed by atoms with Gasteiger partial charge in [0.15, 0.2) is 0 Å². The van der Waals surface area contributed by atoms with E-state index in [1.54, 1.807) is 13.2 Å². The zero-order chi connectivity index (χ0) is 16.4. The Hall–Kier alpha value is -1.91. The molecule has 0 spiro atoms. The van der Waals surface area contributed by atoms with Gasteiger partial charge in [-0.15, -0.1) is 0 Å². The fraction of sp³-hybridized carbons (Fsp3) is 0.333. The third-order valence-corrected chi connectivity index (χ3v) is 4.47. The number of nitrogens with two attached hydrogens (primary N) is 1. The van der Waals surface area contributed by atoms with Crippen LogP contribution in [-0.2, 0) is 0 Å². The summed E-state index contributed by atoms with van der Waals surface area (Å²) in [6, 6.07) is 9.98. The zero-order valence-electron chi connectivity index (χ0n) is 13.5. The molecule has 23 heavy (non-hydrogen) atoms. The van der Waals surface area contributed by atoms with Crippen LogP contribution in [0.4, 0.5) is 11.4 Å². The first-order valence-corrected chi connectivity index (χ1v) is 8.17. The average molecular weight is 332 g/mol. The second kappa shape index (κ2) is 6.69. The molecule has 5 heteroatoms. The molecule has 0 bridgehead atoms. The number of methoxy groups -OCH3 is 1. The molecule has 0 aliphatic carbocycles. The molecule has 0 unspecified atom stereocenters. The smallest absolute Gasteiger partial charge is 0.142 e. The Labute approximate surface area is 142 Å². The van der Waals surface area contributed by atoms with Gasteiger partial charge in [0.05, 0.1) is 12.8 Å². The van der Waals surface area contributed by atoms with Crippen LogP contribution in [0.15, 0.2) is 30.3 Å². The van der Waals surface area contributed by atoms with Crippen molar-refractivity contribution in [3.05, 3.63) is 40.9 Å². The van der Waals surface area contributed by atoms with Crippen molar-refractivity contribution in [2.75, 3.05) is 43.9 Å². The van der Waals surface area contributed by atoms with Gasteiger partial charge in [-0.3, -0.25) is 0 Å². The van der Waals surface area contributed by atoms with Crippen LogP contribution in [0.25, 0.3) is 11.1 Å². The van der Waals surface area contributed by atoms with Gasteiger partial charge in [-0.05, 0) is 42.3 Å². The number of benzene rings is 2. The summed E-state index contributed by atoms with van der Waals surface area (Å²) >= 11 is 6.10. The van der Waals surface area contributed by atoms with E-state index in [0.717, 1.165) is 54.3 Å². The van der Waals surface area contributed by atoms with E-state index >= 15 is 0 Å². The lowest BCUT2D eigenvalue weighted by molar-refractivity contribution is 0.413. The molecule has 2 aromatic carbocycles. The Morgan fingerprint density at radius 1 is 1.17 bits per heavy atom. The van der Waals surface area contributed by atoms with Crippen molar-refractivity contribution in [1.82, 2.24) is 5.32 Å². The van der Waals surface area contributed by atoms with Crippen LogP contribution in [-0.4, -0.2) is 33.3 Å². The maximum Gasteiger partial charge on any atom is 0.142 e. The minimum atomic E-state index is 0.666. The molecule has 1 fully saturated rings. The van der Waals surface area contributed by atoms with Gasteiger partial charge in [0, 0.05) is 42.5 Å². The lowest BCUT2D eigenvalue weighted by Crippen LogP contribution is -2.43. The second-order valence-electron chi connectivity index (χ2n) is 5.81. The van der Waals surface area contributed by atoms with Crippen molar-refractivity contribution in [3.8, 4) is 16.9 Å². The fourth-order valence-electron chi connectivity index (χ4n) is 3.16. The Bertz CT molecular complexity index is 688. The predicted octanol–water partition coefficient (Wildman–Crippen LogP) is 3.32. The molecular weight excluding hydrogens is 310 g/mol. The number of rotatable bonds is 3. The molecule has 4 nitrogen and oxygen atoms in total. The van der Waals surface area contributed by atoms with Crippen LogP contribution in [0.1, 0.15) is 5.56 Å². The van der Waals surface area contributed by atoms with Crippen LogP contribution in [0.3, 0.4) is 0 Å². The SMILES string of the molecule is COc1ccc(-c2c(C)cc(Cl)cc2N)cc1N1CCNCC1. The van der Waals surface area contributed by atoms with Gasteiger partial charge in [-0.25, -0.2) is 0 Å². The highest BCUT2D eigenvalue weighted by atomic mass is 35.5. The summed E-state index contributed by atoms with van der Waals surface area (Å²) in [6.07, 6.45) is 0. The molecule has 1 saturated heterocycles. The van der Waals surface area contributed by atoms with Crippen molar-refractivity contribution in [3.63, 3.8) is 0 Å². The number of anilines is 2. The van der Waals surface area contributed by atoms with Gasteiger partial charge in [-0.1, -0.05) is 17.7 Å². The number of nitrogens with one attached hydrogen (secondary N) is 1. The van der Waals surface area contributed by atoms with Crippen LogP contribution in [0, 0.1) is 6.92 Å². The van der Waals surface area contributed by atoms with E-state index in [1.807, 2.05) is 19.1 Å². The molecule has 0 amide bonds. The lowest BCUT2D eigenvalue weighted by atomic mass is 9.97. The zero-order valence-corrected chi connectivity index (χ0v) is 14.3. The second-order valence-corrected chi connectivity index (χ2v) is 6.25. The summed E-state index contributed by atoms with van der Waals surface area (Å²) in [7, 11) is 1.71. The Morgan fingerprint density at radius 3 is 2.57 bits per heavy atom. The number of hydrogen-bond acceptors (Lipinski definition) is 4. The number of nitrogens with zero attached hydrogens (tertiary/aromatic N) is 1. The molecule has 1 aliphatic heterocycles. The van der Waals surface area contributed by atoms with E-state index < -0.39 is 0 Å². The van der Waals surface area contributed by atoms with E-state index in [0.29, 0.717) is 10.7 Å². The molecule has 1 heterocycles. The van der Waals surface area contributed by atoms with E-state index in [-0.39, 0.29) is 0 Å². The molecule has 0 saturated carbocycles. The average Bonchev–Trinajstić information content (AvgIpc) is 2.54. The van der Waals surface area contributed by atoms with Crippen LogP contribution < -0.4 is 20.7 Å². The number of hydrogen-bond donors (Lipinski definition) is 2. The number of piperazine rings is 1. The Balaban J connectivity index is 2.07. The highest BCUT2D eigenvalue weighted by Gasteiger charge is 2.17. The molecule has 2 aromatic rings. The molecule has 122 valence electrons. The highest BCUT2D eigenvalue weighted by Crippen LogP contribution is 2.38. The van der Waals surface area contributed by atoms with Crippen LogP contribution in [0.5, 0.6) is 5.75 Å². The van der Waals surface area contributed by atoms with Crippen molar-refractivity contribution >= 4 is 23.0 Å². The van der Waals surface area contributed by atoms with Crippen molar-refractivity contribution < 1.29 is 4.74 Å². The largest absolute Gasteiger partial charge is 0.495 e. The molecule has 0 aromatic heterocycles. The number of nitrogen functional groups attached to an aromatic ring is 1. The van der Waals surface area contributed by atoms with Gasteiger partial charge in [0.2, 0.25) is 0 Å². The minimum Gasteiger partial charge on any atom is -0.495 e. The summed E-state index contributed by atoms with van der Waals surface area (Å²) in [4.78, 5) is 2.35. The third kappa shape index (κ3) is 3.23. The van der Waals surface area contributed by atoms with Crippen molar-refractivity contribution in [2.45, 2.75) is 6.92 Å². The van der Waals surface area contributed by atoms with Gasteiger partial charge in [0.25, 0.3) is 0 Å². The predicted molar refractivity (Wildman–Crippen MR) is 97.7 cm³/mol. The van der Waals surface area contributed by atoms with Gasteiger partial charge < -0.3 is 20.7 Å². The lowest BCUT2D eigenvalue weighted by Gasteiger charge is -2.31. The molecule has 0 atom stereocenters. The highest BCUT2D eigenvalue weighted by molar-refractivity contribution is 6.31. The van der Waals surface area contributed by atoms with Crippen LogP contribution >= 0.6 is 11.6 Å². The molecule has 3 rings (SSSR count). The maximum atomic E-state index is 6.21. The summed E-state index contributed by atoms with van der Waals surface area (Å²) in [5, 5.41) is 4.04. The van der Waals surface area contributed by atoms with Crippen LogP contribution in [0.2, 0.25) is 5.02 Å². The maximum absolute atomic E-state index is 6.21. The topological polar surface area (TPSA) is 50.5 Å². The minimum absolute atomic E-state index is 0.666. The van der Waals surface area contributed by atoms with Gasteiger partial charge in [0.1, 0.15) is 5.75 Å². The summed E-state index contributed by atoms with van der Waals surface area (Å²) in [5.74, 6) is 0.890. The van der Waals surface area contributed by atoms with E-state index in [1.165, 1.54) is 0 Å². The summed E-state index contributed by atoms with van der Waals surface area (Å²) in [5.41, 5.74) is 11.2. The Morgan fingerprint density at radius 2 is 1.91 bits per heavy atom. The summed E-state index contributed by atoms with van der Waals surface area (Å²) < 4.78 is 5.55. The first-order valence-electron chi connectivity index (χ1n) is 7.80. The molecule has 0 radical (unpaired) electrons. The monoisotopic (exact) mass is 331 g/mol. The fourth-order valence-corrected chi connectivity index (χ4v) is 3.44. The number of aryl methyl sites for hydroxylation is 1. The molecular formula is C18H22ClN3O.